The maximum absolute atomic E-state index is 10.7. The monoisotopic (exact) mass is 307 g/mol. The smallest absolute Gasteiger partial charge is 0.258 e. The number of aromatic nitrogens is 2. The lowest BCUT2D eigenvalue weighted by Crippen LogP contribution is -1.97. The number of benzene rings is 1. The number of rotatable bonds is 2. The molecule has 1 aromatic carbocycles. The molecule has 18 heavy (non-hydrogen) atoms. The molecule has 92 valence electrons. The van der Waals surface area contributed by atoms with E-state index in [2.05, 4.69) is 32.9 Å². The average Bonchev–Trinajstić information content (AvgIpc) is 2.66. The lowest BCUT2D eigenvalue weighted by Gasteiger charge is -1.97. The van der Waals surface area contributed by atoms with Gasteiger partial charge in [-0.05, 0) is 22.0 Å². The topological polar surface area (TPSA) is 61.0 Å². The summed E-state index contributed by atoms with van der Waals surface area (Å²) in [6.45, 7) is 2.46. The van der Waals surface area contributed by atoms with Gasteiger partial charge >= 0.3 is 0 Å². The summed E-state index contributed by atoms with van der Waals surface area (Å²) in [7, 11) is 0. The molecule has 1 heterocycles. The van der Waals surface area contributed by atoms with Crippen LogP contribution in [0.2, 0.25) is 0 Å². The van der Waals surface area contributed by atoms with Gasteiger partial charge in [-0.3, -0.25) is 14.8 Å². The van der Waals surface area contributed by atoms with E-state index in [1.165, 1.54) is 12.1 Å². The molecular weight excluding hydrogens is 298 g/mol. The molecule has 6 heteroatoms. The average molecular weight is 308 g/mol. The molecule has 0 aliphatic rings. The van der Waals surface area contributed by atoms with Crippen LogP contribution in [0, 0.1) is 22.0 Å². The van der Waals surface area contributed by atoms with Crippen molar-refractivity contribution in [2.45, 2.75) is 19.9 Å². The van der Waals surface area contributed by atoms with Gasteiger partial charge in [0.1, 0.15) is 11.1 Å². The van der Waals surface area contributed by atoms with E-state index in [-0.39, 0.29) is 5.69 Å². The number of halogens is 1. The van der Waals surface area contributed by atoms with Crippen molar-refractivity contribution >= 4 is 32.5 Å². The third-order valence-corrected chi connectivity index (χ3v) is 3.02. The van der Waals surface area contributed by atoms with Gasteiger partial charge in [0.2, 0.25) is 0 Å². The first-order valence-corrected chi connectivity index (χ1v) is 6.19. The van der Waals surface area contributed by atoms with Crippen LogP contribution >= 0.6 is 15.9 Å². The molecule has 2 rings (SSSR count). The first-order valence-electron chi connectivity index (χ1n) is 5.39. The molecule has 5 nitrogen and oxygen atoms in total. The first kappa shape index (κ1) is 12.6. The zero-order valence-electron chi connectivity index (χ0n) is 9.68. The van der Waals surface area contributed by atoms with Gasteiger partial charge in [0.15, 0.2) is 0 Å². The van der Waals surface area contributed by atoms with Crippen LogP contribution in [0.1, 0.15) is 13.3 Å². The van der Waals surface area contributed by atoms with Gasteiger partial charge in [0.25, 0.3) is 5.69 Å². The minimum atomic E-state index is -0.417. The normalized spacial score (nSPS) is 10.1. The SMILES string of the molecule is CCC#CCn1nc(Br)c2cc([N+](=O)[O-])ccc21. The number of nitro groups is 1. The van der Waals surface area contributed by atoms with Crippen molar-refractivity contribution in [3.63, 3.8) is 0 Å². The van der Waals surface area contributed by atoms with Crippen molar-refractivity contribution < 1.29 is 4.92 Å². The molecule has 0 radical (unpaired) electrons. The van der Waals surface area contributed by atoms with Crippen molar-refractivity contribution in [2.75, 3.05) is 0 Å². The summed E-state index contributed by atoms with van der Waals surface area (Å²) in [5.41, 5.74) is 0.889. The Morgan fingerprint density at radius 3 is 2.94 bits per heavy atom. The van der Waals surface area contributed by atoms with Gasteiger partial charge in [-0.25, -0.2) is 0 Å². The van der Waals surface area contributed by atoms with Gasteiger partial charge in [-0.1, -0.05) is 12.8 Å². The Labute approximate surface area is 112 Å². The van der Waals surface area contributed by atoms with Crippen LogP contribution in [0.5, 0.6) is 0 Å². The molecule has 0 saturated heterocycles. The van der Waals surface area contributed by atoms with Gasteiger partial charge in [-0.15, -0.1) is 5.92 Å². The van der Waals surface area contributed by atoms with E-state index >= 15 is 0 Å². The number of nitrogens with zero attached hydrogens (tertiary/aromatic N) is 3. The fraction of sp³-hybridized carbons (Fsp3) is 0.250. The summed E-state index contributed by atoms with van der Waals surface area (Å²) < 4.78 is 2.32. The molecule has 0 atom stereocenters. The summed E-state index contributed by atoms with van der Waals surface area (Å²) in [5, 5.41) is 15.7. The van der Waals surface area contributed by atoms with Gasteiger partial charge < -0.3 is 0 Å². The summed E-state index contributed by atoms with van der Waals surface area (Å²) >= 11 is 3.31. The zero-order chi connectivity index (χ0) is 13.1. The molecule has 0 fully saturated rings. The molecule has 2 aromatic rings. The minimum absolute atomic E-state index is 0.0578. The molecule has 0 bridgehead atoms. The standard InChI is InChI=1S/C12H10BrN3O2/c1-2-3-4-7-15-11-6-5-9(16(17)18)8-10(11)12(13)14-15/h5-6,8H,2,7H2,1H3. The zero-order valence-corrected chi connectivity index (χ0v) is 11.3. The number of hydrogen-bond donors (Lipinski definition) is 0. The first-order chi connectivity index (χ1) is 8.63. The molecule has 0 spiro atoms. The fourth-order valence-corrected chi connectivity index (χ4v) is 2.13. The third kappa shape index (κ3) is 2.36. The molecule has 0 aliphatic heterocycles. The predicted octanol–water partition coefficient (Wildman–Crippen LogP) is 3.12. The van der Waals surface area contributed by atoms with Crippen LogP contribution in [-0.4, -0.2) is 14.7 Å². The second kappa shape index (κ2) is 5.19. The van der Waals surface area contributed by atoms with Crippen LogP contribution in [0.25, 0.3) is 10.9 Å². The lowest BCUT2D eigenvalue weighted by molar-refractivity contribution is -0.384. The van der Waals surface area contributed by atoms with E-state index in [4.69, 9.17) is 0 Å². The van der Waals surface area contributed by atoms with E-state index in [0.717, 1.165) is 17.3 Å². The Hall–Kier alpha value is -1.87. The van der Waals surface area contributed by atoms with E-state index in [1.807, 2.05) is 6.92 Å². The molecule has 0 saturated carbocycles. The van der Waals surface area contributed by atoms with Crippen molar-refractivity contribution in [3.8, 4) is 11.8 Å². The number of non-ortho nitro benzene ring substituents is 1. The highest BCUT2D eigenvalue weighted by molar-refractivity contribution is 9.10. The highest BCUT2D eigenvalue weighted by Gasteiger charge is 2.12. The van der Waals surface area contributed by atoms with Gasteiger partial charge in [-0.2, -0.15) is 5.10 Å². The number of hydrogen-bond acceptors (Lipinski definition) is 3. The quantitative estimate of drug-likeness (QED) is 0.486. The van der Waals surface area contributed by atoms with Crippen LogP contribution in [0.4, 0.5) is 5.69 Å². The molecule has 0 amide bonds. The van der Waals surface area contributed by atoms with E-state index in [1.54, 1.807) is 10.7 Å². The maximum Gasteiger partial charge on any atom is 0.270 e. The lowest BCUT2D eigenvalue weighted by atomic mass is 10.2. The molecule has 0 unspecified atom stereocenters. The minimum Gasteiger partial charge on any atom is -0.258 e. The molecule has 0 aliphatic carbocycles. The molecular formula is C12H10BrN3O2. The Kier molecular flexibility index (Phi) is 3.63. The van der Waals surface area contributed by atoms with Crippen molar-refractivity contribution in [1.29, 1.82) is 0 Å². The summed E-state index contributed by atoms with van der Waals surface area (Å²) in [6.07, 6.45) is 0.797. The van der Waals surface area contributed by atoms with E-state index in [0.29, 0.717) is 11.1 Å². The van der Waals surface area contributed by atoms with E-state index in [9.17, 15) is 10.1 Å². The number of nitro benzene ring substituents is 1. The maximum atomic E-state index is 10.7. The Balaban J connectivity index is 2.49. The highest BCUT2D eigenvalue weighted by atomic mass is 79.9. The van der Waals surface area contributed by atoms with Crippen LogP contribution in [0.3, 0.4) is 0 Å². The molecule has 0 N–H and O–H groups in total. The fourth-order valence-electron chi connectivity index (χ4n) is 1.62. The van der Waals surface area contributed by atoms with Crippen LogP contribution in [-0.2, 0) is 6.54 Å². The van der Waals surface area contributed by atoms with E-state index < -0.39 is 4.92 Å². The van der Waals surface area contributed by atoms with Crippen molar-refractivity contribution in [2.24, 2.45) is 0 Å². The Bertz CT molecular complexity index is 667. The summed E-state index contributed by atoms with van der Waals surface area (Å²) in [5.74, 6) is 5.96. The van der Waals surface area contributed by atoms with Crippen LogP contribution in [0.15, 0.2) is 22.8 Å². The van der Waals surface area contributed by atoms with Gasteiger partial charge in [0, 0.05) is 23.9 Å². The summed E-state index contributed by atoms with van der Waals surface area (Å²) in [4.78, 5) is 10.3. The Morgan fingerprint density at radius 2 is 2.28 bits per heavy atom. The van der Waals surface area contributed by atoms with Crippen molar-refractivity contribution in [1.82, 2.24) is 9.78 Å². The second-order valence-electron chi connectivity index (χ2n) is 3.61. The van der Waals surface area contributed by atoms with Gasteiger partial charge in [0.05, 0.1) is 10.4 Å². The number of fused-ring (bicyclic) bond motifs is 1. The highest BCUT2D eigenvalue weighted by Crippen LogP contribution is 2.27. The molecule has 1 aromatic heterocycles. The third-order valence-electron chi connectivity index (χ3n) is 2.43. The second-order valence-corrected chi connectivity index (χ2v) is 4.37. The van der Waals surface area contributed by atoms with Crippen molar-refractivity contribution in [3.05, 3.63) is 32.9 Å². The van der Waals surface area contributed by atoms with Crippen LogP contribution < -0.4 is 0 Å². The largest absolute Gasteiger partial charge is 0.270 e. The predicted molar refractivity (Wildman–Crippen MR) is 72.2 cm³/mol. The Morgan fingerprint density at radius 1 is 1.50 bits per heavy atom. The summed E-state index contributed by atoms with van der Waals surface area (Å²) in [6, 6.07) is 4.68.